The second-order valence-electron chi connectivity index (χ2n) is 8.15. The normalized spacial score (nSPS) is 10.6. The van der Waals surface area contributed by atoms with Gasteiger partial charge in [0.05, 0.1) is 19.8 Å². The maximum absolute atomic E-state index is 11.9. The molecule has 6 nitrogen and oxygen atoms in total. The number of aromatic hydroxyl groups is 1. The van der Waals surface area contributed by atoms with E-state index in [-0.39, 0.29) is 11.3 Å². The Hall–Kier alpha value is -4.62. The first kappa shape index (κ1) is 24.1. The minimum absolute atomic E-state index is 0.0641. The van der Waals surface area contributed by atoms with Gasteiger partial charge in [-0.25, -0.2) is 4.98 Å². The third-order valence-corrected chi connectivity index (χ3v) is 6.87. The van der Waals surface area contributed by atoms with E-state index in [4.69, 9.17) is 9.47 Å². The second-order valence-corrected chi connectivity index (χ2v) is 9.05. The summed E-state index contributed by atoms with van der Waals surface area (Å²) in [6.07, 6.45) is 2.37. The van der Waals surface area contributed by atoms with Crippen LogP contribution in [0.25, 0.3) is 21.7 Å². The SMILES string of the molecule is COc1ccc(N(c2ccc(OC)cc2)c2ccc(-c3ccc(O)c(C=O)c3-c3nccs3)cc2)cc1. The molecule has 5 aromatic rings. The van der Waals surface area contributed by atoms with Crippen molar-refractivity contribution in [1.82, 2.24) is 4.98 Å². The van der Waals surface area contributed by atoms with Crippen LogP contribution >= 0.6 is 11.3 Å². The number of ether oxygens (including phenoxy) is 2. The Kier molecular flexibility index (Phi) is 6.87. The lowest BCUT2D eigenvalue weighted by Gasteiger charge is -2.26. The molecular formula is C30H24N2O4S. The van der Waals surface area contributed by atoms with Gasteiger partial charge in [-0.15, -0.1) is 11.3 Å². The Morgan fingerprint density at radius 3 is 1.78 bits per heavy atom. The van der Waals surface area contributed by atoms with Gasteiger partial charge >= 0.3 is 0 Å². The van der Waals surface area contributed by atoms with Crippen molar-refractivity contribution >= 4 is 34.7 Å². The van der Waals surface area contributed by atoms with E-state index in [2.05, 4.69) is 9.88 Å². The number of anilines is 3. The maximum atomic E-state index is 11.9. The first-order valence-corrected chi connectivity index (χ1v) is 12.4. The standard InChI is InChI=1S/C30H24N2O4S/c1-35-24-11-7-22(8-12-24)32(23-9-13-25(36-2)14-10-23)21-5-3-20(4-6-21)26-15-16-28(34)27(19-33)29(26)30-31-17-18-37-30/h3-19,34H,1-2H3. The molecule has 0 aliphatic carbocycles. The minimum atomic E-state index is -0.0641. The lowest BCUT2D eigenvalue weighted by atomic mass is 9.95. The predicted molar refractivity (Wildman–Crippen MR) is 148 cm³/mol. The molecule has 0 saturated heterocycles. The van der Waals surface area contributed by atoms with Crippen molar-refractivity contribution in [2.24, 2.45) is 0 Å². The molecule has 37 heavy (non-hydrogen) atoms. The van der Waals surface area contributed by atoms with E-state index >= 15 is 0 Å². The Bertz CT molecular complexity index is 1450. The fourth-order valence-electron chi connectivity index (χ4n) is 4.25. The average molecular weight is 509 g/mol. The Balaban J connectivity index is 1.59. The number of hydrogen-bond acceptors (Lipinski definition) is 7. The Morgan fingerprint density at radius 1 is 0.784 bits per heavy atom. The lowest BCUT2D eigenvalue weighted by Crippen LogP contribution is -2.09. The highest BCUT2D eigenvalue weighted by molar-refractivity contribution is 7.13. The molecule has 1 aromatic heterocycles. The largest absolute Gasteiger partial charge is 0.507 e. The van der Waals surface area contributed by atoms with Crippen molar-refractivity contribution in [2.45, 2.75) is 0 Å². The van der Waals surface area contributed by atoms with Gasteiger partial charge in [-0.2, -0.15) is 0 Å². The number of nitrogens with zero attached hydrogens (tertiary/aromatic N) is 2. The number of benzene rings is 4. The van der Waals surface area contributed by atoms with Gasteiger partial charge in [0.1, 0.15) is 22.3 Å². The zero-order chi connectivity index (χ0) is 25.8. The molecule has 0 aliphatic heterocycles. The number of thiazole rings is 1. The number of phenols is 1. The first-order valence-electron chi connectivity index (χ1n) is 11.5. The zero-order valence-corrected chi connectivity index (χ0v) is 21.1. The third kappa shape index (κ3) is 4.77. The highest BCUT2D eigenvalue weighted by atomic mass is 32.1. The van der Waals surface area contributed by atoms with Crippen LogP contribution in [0.1, 0.15) is 10.4 Å². The van der Waals surface area contributed by atoms with Crippen molar-refractivity contribution in [1.29, 1.82) is 0 Å². The molecule has 0 unspecified atom stereocenters. The molecule has 5 rings (SSSR count). The van der Waals surface area contributed by atoms with Crippen molar-refractivity contribution in [3.8, 4) is 38.9 Å². The lowest BCUT2D eigenvalue weighted by molar-refractivity contribution is 0.112. The Morgan fingerprint density at radius 2 is 1.32 bits per heavy atom. The van der Waals surface area contributed by atoms with Crippen LogP contribution in [0.15, 0.2) is 96.5 Å². The number of carbonyl (C=O) groups excluding carboxylic acids is 1. The van der Waals surface area contributed by atoms with Crippen molar-refractivity contribution < 1.29 is 19.4 Å². The third-order valence-electron chi connectivity index (χ3n) is 6.08. The first-order chi connectivity index (χ1) is 18.1. The summed E-state index contributed by atoms with van der Waals surface area (Å²) < 4.78 is 10.7. The number of carbonyl (C=O) groups is 1. The van der Waals surface area contributed by atoms with Gasteiger partial charge in [-0.1, -0.05) is 12.1 Å². The van der Waals surface area contributed by atoms with Crippen LogP contribution in [0.3, 0.4) is 0 Å². The van der Waals surface area contributed by atoms with Crippen LogP contribution in [0.4, 0.5) is 17.1 Å². The van der Waals surface area contributed by atoms with Crippen LogP contribution in [0, 0.1) is 0 Å². The molecule has 0 amide bonds. The molecule has 0 aliphatic rings. The van der Waals surface area contributed by atoms with Crippen molar-refractivity contribution in [2.75, 3.05) is 19.1 Å². The van der Waals surface area contributed by atoms with E-state index in [1.165, 1.54) is 11.3 Å². The monoisotopic (exact) mass is 508 g/mol. The molecular weight excluding hydrogens is 484 g/mol. The predicted octanol–water partition coefficient (Wildman–Crippen LogP) is 7.48. The van der Waals surface area contributed by atoms with Crippen LogP contribution in [0.5, 0.6) is 17.2 Å². The van der Waals surface area contributed by atoms with Gasteiger partial charge in [0, 0.05) is 34.2 Å². The van der Waals surface area contributed by atoms with Gasteiger partial charge < -0.3 is 19.5 Å². The van der Waals surface area contributed by atoms with Crippen LogP contribution in [0.2, 0.25) is 0 Å². The van der Waals surface area contributed by atoms with Crippen molar-refractivity contribution in [3.05, 3.63) is 102 Å². The van der Waals surface area contributed by atoms with Gasteiger partial charge in [-0.3, -0.25) is 4.79 Å². The van der Waals surface area contributed by atoms with Gasteiger partial charge in [0.25, 0.3) is 0 Å². The fraction of sp³-hybridized carbons (Fsp3) is 0.0667. The van der Waals surface area contributed by atoms with Gasteiger partial charge in [-0.05, 0) is 83.9 Å². The van der Waals surface area contributed by atoms with Crippen LogP contribution in [-0.2, 0) is 0 Å². The van der Waals surface area contributed by atoms with E-state index in [1.54, 1.807) is 26.5 Å². The van der Waals surface area contributed by atoms with Crippen LogP contribution in [-0.4, -0.2) is 30.6 Å². The van der Waals surface area contributed by atoms with Crippen LogP contribution < -0.4 is 14.4 Å². The highest BCUT2D eigenvalue weighted by Gasteiger charge is 2.19. The molecule has 0 fully saturated rings. The van der Waals surface area contributed by atoms with E-state index in [0.717, 1.165) is 39.7 Å². The van der Waals surface area contributed by atoms with Gasteiger partial charge in [0.15, 0.2) is 6.29 Å². The summed E-state index contributed by atoms with van der Waals surface area (Å²) in [5.41, 5.74) is 5.47. The molecule has 7 heteroatoms. The van der Waals surface area contributed by atoms with Gasteiger partial charge in [0.2, 0.25) is 0 Å². The molecule has 184 valence electrons. The van der Waals surface area contributed by atoms with E-state index < -0.39 is 0 Å². The summed E-state index contributed by atoms with van der Waals surface area (Å²) >= 11 is 1.42. The molecule has 0 atom stereocenters. The summed E-state index contributed by atoms with van der Waals surface area (Å²) in [7, 11) is 3.29. The Labute approximate surface area is 219 Å². The summed E-state index contributed by atoms with van der Waals surface area (Å²) in [5.74, 6) is 1.49. The molecule has 1 heterocycles. The molecule has 0 radical (unpaired) electrons. The summed E-state index contributed by atoms with van der Waals surface area (Å²) in [6.45, 7) is 0. The highest BCUT2D eigenvalue weighted by Crippen LogP contribution is 2.41. The smallest absolute Gasteiger partial charge is 0.154 e. The average Bonchev–Trinajstić information content (AvgIpc) is 3.49. The summed E-state index contributed by atoms with van der Waals surface area (Å²) in [5, 5.41) is 12.9. The molecule has 4 aromatic carbocycles. The quantitative estimate of drug-likeness (QED) is 0.219. The number of aromatic nitrogens is 1. The topological polar surface area (TPSA) is 71.9 Å². The van der Waals surface area contributed by atoms with E-state index in [0.29, 0.717) is 16.9 Å². The second kappa shape index (κ2) is 10.6. The zero-order valence-electron chi connectivity index (χ0n) is 20.3. The molecule has 0 saturated carbocycles. The number of hydrogen-bond donors (Lipinski definition) is 1. The summed E-state index contributed by atoms with van der Waals surface area (Å²) in [6, 6.07) is 27.2. The fourth-order valence-corrected chi connectivity index (χ4v) is 4.96. The minimum Gasteiger partial charge on any atom is -0.507 e. The van der Waals surface area contributed by atoms with Crippen molar-refractivity contribution in [3.63, 3.8) is 0 Å². The number of aldehydes is 1. The molecule has 0 bridgehead atoms. The maximum Gasteiger partial charge on any atom is 0.154 e. The van der Waals surface area contributed by atoms with E-state index in [9.17, 15) is 9.90 Å². The van der Waals surface area contributed by atoms with E-state index in [1.807, 2.05) is 84.2 Å². The molecule has 0 spiro atoms. The number of methoxy groups -OCH3 is 2. The number of rotatable bonds is 8. The number of phenolic OH excluding ortho intramolecular Hbond substituents is 1. The summed E-state index contributed by atoms with van der Waals surface area (Å²) in [4.78, 5) is 18.4. The molecule has 1 N–H and O–H groups in total.